The zero-order chi connectivity index (χ0) is 71.0. The van der Waals surface area contributed by atoms with Gasteiger partial charge < -0.3 is 33.9 Å². The zero-order valence-electron chi connectivity index (χ0n) is 56.0. The number of nitrogens with zero attached hydrogens (tertiary/aromatic N) is 9. The first-order chi connectivity index (χ1) is 45.6. The number of methoxy groups -OCH3 is 3. The maximum atomic E-state index is 9.67. The van der Waals surface area contributed by atoms with Crippen LogP contribution in [0.25, 0.3) is 22.3 Å². The van der Waals surface area contributed by atoms with E-state index in [0.29, 0.717) is 36.2 Å². The number of nitrogens with one attached hydrogen (secondary N) is 1. The number of aromatic nitrogens is 10. The number of unbranched alkanes of at least 4 members (excludes halogenated alkanes) is 3. The molecule has 0 amide bonds. The van der Waals surface area contributed by atoms with E-state index in [1.54, 1.807) is 128 Å². The van der Waals surface area contributed by atoms with Gasteiger partial charge in [0.1, 0.15) is 29.1 Å². The van der Waals surface area contributed by atoms with Gasteiger partial charge in [-0.15, -0.1) is 0 Å². The summed E-state index contributed by atoms with van der Waals surface area (Å²) in [6.45, 7) is 21.4. The second-order valence-electron chi connectivity index (χ2n) is 20.0. The number of aromatic hydroxyl groups is 2. The number of ether oxygens (including phenoxy) is 5. The van der Waals surface area contributed by atoms with Crippen LogP contribution in [0, 0.1) is 0 Å². The molecule has 590 valence electrons. The van der Waals surface area contributed by atoms with Crippen LogP contribution in [0.4, 0.5) is 0 Å². The molecule has 5 heterocycles. The molecule has 0 atom stereocenters. The quantitative estimate of drug-likeness (QED) is 0.0238. The Balaban J connectivity index is -0.000000169. The first-order valence-corrected chi connectivity index (χ1v) is 45.0. The van der Waals surface area contributed by atoms with E-state index >= 15 is 0 Å². The van der Waals surface area contributed by atoms with E-state index < -0.39 is 18.4 Å². The molecular weight excluding hydrogens is 1900 g/mol. The molecule has 0 aliphatic rings. The maximum absolute atomic E-state index is 9.67. The standard InChI is InChI=1S/C13H15ClN2O2.C11H11ClN2O.C8H8BrClO2.C6H4BrClO.C5H7BrN2.C5H7N2.3C4H9.C3H3BrN2.C2H5ClO.C2H5I.8CH4.Sn/c1-3-16-8-10(7-15-16)12-6-11(14)4-5-13(12)18-9-17-2;1-2-14-7-8(6-13-14)10-5-9(12)3-4-11(10)15;1-11-5-12-8-3-2-6(10)4-7(8)9;7-5-3-4(8)1-2-6(5)9;1-2-8-4-5(6)3-7-8;1-2-7-5-3-4-6-7;3*1-3-4-2;4-3-1-5-6-2-3;1-4-2-3;1-2-3;;;;;;;;;/h4-8H,3,9H2,1-2H3;3-7,15H,2H2,1H3;2-4H,5H2,1H3;1-3,9H;3-4H,2H2,1H3;4-5H,2H2,1H3;3*1,3-4H2,2H3;1-2H,(H,5,6);2H2,1H3;2H2,1H3;8*1H4;. The van der Waals surface area contributed by atoms with E-state index in [1.165, 1.54) is 49.0 Å². The van der Waals surface area contributed by atoms with Crippen LogP contribution >= 0.6 is 144 Å². The van der Waals surface area contributed by atoms with Crippen molar-refractivity contribution in [1.29, 1.82) is 0 Å². The Hall–Kier alpha value is -3.09. The molecule has 0 aliphatic carbocycles. The summed E-state index contributed by atoms with van der Waals surface area (Å²) in [5.74, 6) is 1.88. The third-order valence-electron chi connectivity index (χ3n) is 13.0. The molecule has 0 saturated carbocycles. The predicted molar refractivity (Wildman–Crippen MR) is 474 cm³/mol. The maximum Gasteiger partial charge on any atom is 0.188 e. The van der Waals surface area contributed by atoms with Crippen molar-refractivity contribution in [3.63, 3.8) is 0 Å². The van der Waals surface area contributed by atoms with Crippen molar-refractivity contribution < 1.29 is 33.9 Å². The second-order valence-corrected chi connectivity index (χ2v) is 40.3. The topological polar surface area (TPSA) is 187 Å². The van der Waals surface area contributed by atoms with Crippen molar-refractivity contribution in [2.24, 2.45) is 0 Å². The number of hydrogen-bond acceptors (Lipinski definition) is 12. The van der Waals surface area contributed by atoms with Crippen molar-refractivity contribution >= 4 is 166 Å². The molecule has 0 fully saturated rings. The summed E-state index contributed by atoms with van der Waals surface area (Å²) in [5.41, 5.74) is 3.48. The molecule has 0 radical (unpaired) electrons. The average Bonchev–Trinajstić information content (AvgIpc) is 1.74. The van der Waals surface area contributed by atoms with Crippen LogP contribution in [0.15, 0.2) is 153 Å². The molecule has 103 heavy (non-hydrogen) atoms. The van der Waals surface area contributed by atoms with Gasteiger partial charge in [0.05, 0.1) is 42.7 Å². The number of H-pyrrole nitrogens is 1. The van der Waals surface area contributed by atoms with E-state index in [4.69, 9.17) is 82.1 Å². The van der Waals surface area contributed by atoms with Crippen molar-refractivity contribution in [1.82, 2.24) is 49.3 Å². The van der Waals surface area contributed by atoms with Gasteiger partial charge in [-0.05, 0) is 162 Å². The molecule has 0 spiro atoms. The summed E-state index contributed by atoms with van der Waals surface area (Å²) < 4.78 is 43.4. The van der Waals surface area contributed by atoms with Crippen molar-refractivity contribution in [3.05, 3.63) is 173 Å². The van der Waals surface area contributed by atoms with Crippen LogP contribution in [0.5, 0.6) is 23.0 Å². The predicted octanol–water partition coefficient (Wildman–Crippen LogP) is 27.2. The number of rotatable bonds is 23. The summed E-state index contributed by atoms with van der Waals surface area (Å²) in [4.78, 5) is 0. The van der Waals surface area contributed by atoms with Crippen molar-refractivity contribution in [2.75, 3.05) is 45.4 Å². The molecule has 5 aromatic heterocycles. The fourth-order valence-electron chi connectivity index (χ4n) is 8.17. The minimum Gasteiger partial charge on any atom is -0.507 e. The Morgan fingerprint density at radius 2 is 0.845 bits per heavy atom. The molecule has 0 bridgehead atoms. The van der Waals surface area contributed by atoms with Crippen LogP contribution in [-0.2, 0) is 40.4 Å². The fraction of sp³-hybridized carbons (Fsp3) is 0.480. The van der Waals surface area contributed by atoms with Crippen LogP contribution < -0.4 is 13.1 Å². The van der Waals surface area contributed by atoms with Gasteiger partial charge in [-0.2, -0.15) is 20.4 Å². The summed E-state index contributed by atoms with van der Waals surface area (Å²) >= 11 is 41.2. The SMILES string of the molecule is Brc1cn[nH]c1.C.C.C.C.C.C.C.C.CCC[CH2][Sn]([CH2]CCC)([CH2]CCC)[c]1cnn(CC)c1.CCI.CCn1cc(-c2cc(Cl)ccc2O)cn1.CCn1cc(-c2cc(Cl)ccc2OCOC)cn1.CCn1cc(Br)cn1.COCCl.COCOc1ccc(Cl)cc1Br.Oc1ccc(Cl)cc1Br. The third kappa shape index (κ3) is 48.8. The number of aryl methyl sites for hydroxylation is 4. The summed E-state index contributed by atoms with van der Waals surface area (Å²) in [6, 6.07) is 20.9. The van der Waals surface area contributed by atoms with Crippen LogP contribution in [0.1, 0.15) is 153 Å². The van der Waals surface area contributed by atoms with E-state index in [-0.39, 0.29) is 84.5 Å². The molecule has 3 N–H and O–H groups in total. The average molecular weight is 2020 g/mol. The van der Waals surface area contributed by atoms with Gasteiger partial charge in [0, 0.05) is 108 Å². The van der Waals surface area contributed by atoms with Gasteiger partial charge in [-0.3, -0.25) is 19.1 Å². The van der Waals surface area contributed by atoms with Gasteiger partial charge in [0.2, 0.25) is 0 Å². The molecule has 9 aromatic rings. The van der Waals surface area contributed by atoms with Crippen molar-refractivity contribution in [3.8, 4) is 45.3 Å². The molecule has 9 rings (SSSR count). The molecule has 0 unspecified atom stereocenters. The van der Waals surface area contributed by atoms with Crippen molar-refractivity contribution in [2.45, 2.75) is 193 Å². The molecule has 4 aromatic carbocycles. The number of phenols is 2. The number of hydrogen-bond donors (Lipinski definition) is 3. The van der Waals surface area contributed by atoms with E-state index in [9.17, 15) is 5.11 Å². The first-order valence-electron chi connectivity index (χ1n) is 30.8. The minimum absolute atomic E-state index is 0. The first kappa shape index (κ1) is 116. The van der Waals surface area contributed by atoms with Crippen LogP contribution in [0.3, 0.4) is 0 Å². The number of phenolic OH excluding ortho intramolecular Hbond substituents is 2. The molecule has 0 saturated heterocycles. The van der Waals surface area contributed by atoms with Gasteiger partial charge in [-0.25, -0.2) is 0 Å². The van der Waals surface area contributed by atoms with Gasteiger partial charge in [0.25, 0.3) is 0 Å². The zero-order valence-corrected chi connectivity index (χ0v) is 71.1. The van der Waals surface area contributed by atoms with E-state index in [2.05, 4.69) is 180 Å². The Morgan fingerprint density at radius 3 is 1.18 bits per heavy atom. The van der Waals surface area contributed by atoms with Gasteiger partial charge in [-0.1, -0.05) is 147 Å². The van der Waals surface area contributed by atoms with E-state index in [0.717, 1.165) is 67.8 Å². The Bertz CT molecular complexity index is 3390. The number of alkyl halides is 2. The Morgan fingerprint density at radius 1 is 0.466 bits per heavy atom. The monoisotopic (exact) mass is 2010 g/mol. The summed E-state index contributed by atoms with van der Waals surface area (Å²) in [5, 5.41) is 44.4. The largest absolute Gasteiger partial charge is 0.507 e. The smallest absolute Gasteiger partial charge is 0.188 e. The molecular formula is C75H124Br4Cl5IN10O7Sn. The minimum atomic E-state index is -2.18. The normalized spacial score (nSPS) is 9.45. The van der Waals surface area contributed by atoms with Crippen LogP contribution in [0.2, 0.25) is 33.4 Å². The second kappa shape index (κ2) is 70.6. The number of aromatic amines is 1. The van der Waals surface area contributed by atoms with E-state index in [1.807, 2.05) is 53.9 Å². The van der Waals surface area contributed by atoms with Gasteiger partial charge >= 0.3 is 130 Å². The number of halogens is 10. The Kier molecular flexibility index (Phi) is 79.3. The summed E-state index contributed by atoms with van der Waals surface area (Å²) in [7, 11) is 4.71. The third-order valence-corrected chi connectivity index (χ3v) is 31.7. The summed E-state index contributed by atoms with van der Waals surface area (Å²) in [6.07, 6.45) is 27.5. The molecule has 17 nitrogen and oxygen atoms in total. The molecule has 0 aliphatic heterocycles. The van der Waals surface area contributed by atoms with Gasteiger partial charge in [0.15, 0.2) is 13.6 Å². The molecule has 28 heteroatoms. The Labute approximate surface area is 698 Å². The number of benzene rings is 4. The fourth-order valence-corrected chi connectivity index (χ4v) is 26.1. The van der Waals surface area contributed by atoms with Crippen LogP contribution in [-0.4, -0.2) is 123 Å².